The van der Waals surface area contributed by atoms with E-state index in [2.05, 4.69) is 11.5 Å². The second kappa shape index (κ2) is 3.97. The predicted octanol–water partition coefficient (Wildman–Crippen LogP) is 2.12. The molecule has 2 heterocycles. The maximum absolute atomic E-state index is 12.2. The summed E-state index contributed by atoms with van der Waals surface area (Å²) in [5, 5.41) is 0. The fourth-order valence-corrected chi connectivity index (χ4v) is 3.19. The van der Waals surface area contributed by atoms with E-state index >= 15 is 0 Å². The van der Waals surface area contributed by atoms with E-state index in [1.54, 1.807) is 0 Å². The lowest BCUT2D eigenvalue weighted by atomic mass is 9.87. The number of esters is 1. The van der Waals surface area contributed by atoms with Gasteiger partial charge in [-0.1, -0.05) is 6.92 Å². The standard InChI is InChI=1S/C14H17NO3/c1-8-6-11-13(12(17)7-8)14(18-9(2)16)10-4-3-5-15(10)11/h8H,3-7H2,1-2H3. The summed E-state index contributed by atoms with van der Waals surface area (Å²) in [4.78, 5) is 23.4. The third kappa shape index (κ3) is 1.59. The van der Waals surface area contributed by atoms with Crippen molar-refractivity contribution in [2.75, 3.05) is 0 Å². The molecule has 0 N–H and O–H groups in total. The van der Waals surface area contributed by atoms with Crippen LogP contribution in [0.4, 0.5) is 0 Å². The molecule has 1 atom stereocenters. The van der Waals surface area contributed by atoms with E-state index in [1.807, 2.05) is 0 Å². The highest BCUT2D eigenvalue weighted by atomic mass is 16.5. The van der Waals surface area contributed by atoms with Crippen LogP contribution in [0.5, 0.6) is 5.75 Å². The molecule has 1 aromatic heterocycles. The SMILES string of the molecule is CC(=O)Oc1c2c(n3c1CCC3)CC(C)CC2=O. The molecule has 0 spiro atoms. The van der Waals surface area contributed by atoms with Crippen LogP contribution in [0.25, 0.3) is 0 Å². The van der Waals surface area contributed by atoms with Crippen LogP contribution >= 0.6 is 0 Å². The van der Waals surface area contributed by atoms with Crippen molar-refractivity contribution >= 4 is 11.8 Å². The number of hydrogen-bond acceptors (Lipinski definition) is 3. The Balaban J connectivity index is 2.17. The molecule has 3 rings (SSSR count). The van der Waals surface area contributed by atoms with E-state index in [0.717, 1.165) is 37.2 Å². The number of carbonyl (C=O) groups excluding carboxylic acids is 2. The zero-order valence-corrected chi connectivity index (χ0v) is 10.8. The smallest absolute Gasteiger partial charge is 0.308 e. The van der Waals surface area contributed by atoms with Crippen molar-refractivity contribution < 1.29 is 14.3 Å². The third-order valence-corrected chi connectivity index (χ3v) is 3.82. The van der Waals surface area contributed by atoms with Gasteiger partial charge in [-0.05, 0) is 25.2 Å². The summed E-state index contributed by atoms with van der Waals surface area (Å²) >= 11 is 0. The van der Waals surface area contributed by atoms with Gasteiger partial charge in [0.25, 0.3) is 0 Å². The molecule has 0 radical (unpaired) electrons. The number of carbonyl (C=O) groups is 2. The van der Waals surface area contributed by atoms with Gasteiger partial charge in [-0.2, -0.15) is 0 Å². The number of aromatic nitrogens is 1. The first kappa shape index (κ1) is 11.5. The molecule has 0 bridgehead atoms. The molecule has 0 saturated carbocycles. The largest absolute Gasteiger partial charge is 0.424 e. The number of nitrogens with zero attached hydrogens (tertiary/aromatic N) is 1. The Hall–Kier alpha value is -1.58. The first-order valence-electron chi connectivity index (χ1n) is 6.53. The number of ether oxygens (including phenoxy) is 1. The molecule has 2 aliphatic rings. The van der Waals surface area contributed by atoms with Gasteiger partial charge in [-0.25, -0.2) is 0 Å². The van der Waals surface area contributed by atoms with Gasteiger partial charge in [0.15, 0.2) is 11.5 Å². The van der Waals surface area contributed by atoms with Crippen LogP contribution in [0.3, 0.4) is 0 Å². The van der Waals surface area contributed by atoms with Crippen molar-refractivity contribution in [1.29, 1.82) is 0 Å². The van der Waals surface area contributed by atoms with Gasteiger partial charge in [0.1, 0.15) is 0 Å². The van der Waals surface area contributed by atoms with Gasteiger partial charge in [0.05, 0.1) is 11.3 Å². The van der Waals surface area contributed by atoms with Crippen LogP contribution in [0.1, 0.15) is 48.4 Å². The van der Waals surface area contributed by atoms with Gasteiger partial charge in [-0.15, -0.1) is 0 Å². The van der Waals surface area contributed by atoms with Gasteiger partial charge < -0.3 is 9.30 Å². The molecule has 96 valence electrons. The van der Waals surface area contributed by atoms with E-state index in [0.29, 0.717) is 23.7 Å². The van der Waals surface area contributed by atoms with E-state index in [-0.39, 0.29) is 11.8 Å². The zero-order chi connectivity index (χ0) is 12.9. The van der Waals surface area contributed by atoms with Gasteiger partial charge >= 0.3 is 5.97 Å². The number of Topliss-reactive ketones (excluding diaryl/α,β-unsaturated/α-hetero) is 1. The summed E-state index contributed by atoms with van der Waals surface area (Å²) < 4.78 is 7.52. The molecule has 0 fully saturated rings. The third-order valence-electron chi connectivity index (χ3n) is 3.82. The molecule has 0 aromatic carbocycles. The van der Waals surface area contributed by atoms with Crippen molar-refractivity contribution in [3.63, 3.8) is 0 Å². The molecule has 4 heteroatoms. The van der Waals surface area contributed by atoms with Crippen LogP contribution in [-0.2, 0) is 24.2 Å². The van der Waals surface area contributed by atoms with Crippen LogP contribution in [0, 0.1) is 5.92 Å². The van der Waals surface area contributed by atoms with Crippen LogP contribution in [0.2, 0.25) is 0 Å². The molecular weight excluding hydrogens is 230 g/mol. The molecule has 18 heavy (non-hydrogen) atoms. The molecule has 1 aliphatic carbocycles. The molecule has 1 aliphatic heterocycles. The minimum absolute atomic E-state index is 0.127. The Kier molecular flexibility index (Phi) is 2.54. The molecule has 1 aromatic rings. The van der Waals surface area contributed by atoms with Gasteiger partial charge in [-0.3, -0.25) is 9.59 Å². The Morgan fingerprint density at radius 2 is 2.11 bits per heavy atom. The predicted molar refractivity (Wildman–Crippen MR) is 65.9 cm³/mol. The maximum atomic E-state index is 12.2. The second-order valence-corrected chi connectivity index (χ2v) is 5.38. The first-order valence-corrected chi connectivity index (χ1v) is 6.53. The lowest BCUT2D eigenvalue weighted by molar-refractivity contribution is -0.131. The summed E-state index contributed by atoms with van der Waals surface area (Å²) in [7, 11) is 0. The molecule has 4 nitrogen and oxygen atoms in total. The quantitative estimate of drug-likeness (QED) is 0.714. The summed E-state index contributed by atoms with van der Waals surface area (Å²) in [6, 6.07) is 0. The van der Waals surface area contributed by atoms with E-state index in [1.165, 1.54) is 6.92 Å². The fraction of sp³-hybridized carbons (Fsp3) is 0.571. The number of fused-ring (bicyclic) bond motifs is 3. The van der Waals surface area contributed by atoms with E-state index in [4.69, 9.17) is 4.74 Å². The van der Waals surface area contributed by atoms with Crippen LogP contribution in [-0.4, -0.2) is 16.3 Å². The van der Waals surface area contributed by atoms with Crippen molar-refractivity contribution in [1.82, 2.24) is 4.57 Å². The topological polar surface area (TPSA) is 48.3 Å². The van der Waals surface area contributed by atoms with E-state index < -0.39 is 0 Å². The average molecular weight is 247 g/mol. The summed E-state index contributed by atoms with van der Waals surface area (Å²) in [6.07, 6.45) is 3.44. The average Bonchev–Trinajstić information content (AvgIpc) is 2.81. The number of rotatable bonds is 1. The highest BCUT2D eigenvalue weighted by Gasteiger charge is 2.35. The molecule has 0 saturated heterocycles. The Labute approximate surface area is 106 Å². The van der Waals surface area contributed by atoms with Crippen molar-refractivity contribution in [3.8, 4) is 5.75 Å². The number of hydrogen-bond donors (Lipinski definition) is 0. The number of ketones is 1. The molecule has 0 amide bonds. The highest BCUT2D eigenvalue weighted by Crippen LogP contribution is 2.40. The van der Waals surface area contributed by atoms with Crippen molar-refractivity contribution in [2.45, 2.75) is 46.1 Å². The second-order valence-electron chi connectivity index (χ2n) is 5.38. The normalized spacial score (nSPS) is 21.7. The van der Waals surface area contributed by atoms with Crippen LogP contribution in [0.15, 0.2) is 0 Å². The van der Waals surface area contributed by atoms with Crippen molar-refractivity contribution in [2.24, 2.45) is 5.92 Å². The zero-order valence-electron chi connectivity index (χ0n) is 10.8. The van der Waals surface area contributed by atoms with Crippen LogP contribution < -0.4 is 4.74 Å². The minimum atomic E-state index is -0.343. The molecule has 1 unspecified atom stereocenters. The maximum Gasteiger partial charge on any atom is 0.308 e. The fourth-order valence-electron chi connectivity index (χ4n) is 3.19. The minimum Gasteiger partial charge on any atom is -0.424 e. The lowest BCUT2D eigenvalue weighted by Crippen LogP contribution is -2.20. The van der Waals surface area contributed by atoms with Gasteiger partial charge in [0, 0.05) is 25.6 Å². The molecular formula is C14H17NO3. The van der Waals surface area contributed by atoms with Crippen molar-refractivity contribution in [3.05, 3.63) is 17.0 Å². The summed E-state index contributed by atoms with van der Waals surface area (Å²) in [6.45, 7) is 4.43. The highest BCUT2D eigenvalue weighted by molar-refractivity contribution is 6.02. The Morgan fingerprint density at radius 1 is 1.33 bits per heavy atom. The monoisotopic (exact) mass is 247 g/mol. The van der Waals surface area contributed by atoms with E-state index in [9.17, 15) is 9.59 Å². The Bertz CT molecular complexity index is 542. The summed E-state index contributed by atoms with van der Waals surface area (Å²) in [5.74, 6) is 0.716. The summed E-state index contributed by atoms with van der Waals surface area (Å²) in [5.41, 5.74) is 2.80. The Morgan fingerprint density at radius 3 is 2.83 bits per heavy atom. The lowest BCUT2D eigenvalue weighted by Gasteiger charge is -2.19. The first-order chi connectivity index (χ1) is 8.58. The van der Waals surface area contributed by atoms with Gasteiger partial charge in [0.2, 0.25) is 0 Å².